The van der Waals surface area contributed by atoms with Gasteiger partial charge in [-0.25, -0.2) is 9.07 Å². The van der Waals surface area contributed by atoms with E-state index in [0.717, 1.165) is 23.9 Å². The Labute approximate surface area is 166 Å². The third kappa shape index (κ3) is 5.26. The summed E-state index contributed by atoms with van der Waals surface area (Å²) in [5.74, 6) is -0.0483. The fourth-order valence-corrected chi connectivity index (χ4v) is 3.49. The smallest absolute Gasteiger partial charge is 0.246 e. The third-order valence-electron chi connectivity index (χ3n) is 4.58. The number of hydrogen-bond donors (Lipinski definition) is 0. The molecule has 1 fully saturated rings. The Hall–Kier alpha value is -1.99. The predicted molar refractivity (Wildman–Crippen MR) is 106 cm³/mol. The Morgan fingerprint density at radius 3 is 3.04 bits per heavy atom. The van der Waals surface area contributed by atoms with Crippen LogP contribution < -0.4 is 0 Å². The van der Waals surface area contributed by atoms with Crippen molar-refractivity contribution >= 4 is 27.9 Å². The molecule has 1 atom stereocenters. The highest BCUT2D eigenvalue weighted by molar-refractivity contribution is 9.10. The molecule has 2 aromatic rings. The maximum atomic E-state index is 14.4. The molecule has 1 aliphatic rings. The summed E-state index contributed by atoms with van der Waals surface area (Å²) in [6, 6.07) is 4.83. The van der Waals surface area contributed by atoms with Crippen molar-refractivity contribution in [3.63, 3.8) is 0 Å². The summed E-state index contributed by atoms with van der Waals surface area (Å²) in [4.78, 5) is 14.3. The minimum Gasteiger partial charge on any atom is -0.381 e. The van der Waals surface area contributed by atoms with Crippen LogP contribution in [0.25, 0.3) is 11.8 Å². The van der Waals surface area contributed by atoms with Crippen molar-refractivity contribution in [1.29, 1.82) is 0 Å². The molecule has 27 heavy (non-hydrogen) atoms. The van der Waals surface area contributed by atoms with Gasteiger partial charge >= 0.3 is 0 Å². The van der Waals surface area contributed by atoms with Crippen LogP contribution in [-0.4, -0.2) is 46.9 Å². The monoisotopic (exact) mass is 435 g/mol. The van der Waals surface area contributed by atoms with E-state index in [-0.39, 0.29) is 5.91 Å². The fraction of sp³-hybridized carbons (Fsp3) is 0.400. The second-order valence-electron chi connectivity index (χ2n) is 6.60. The minimum absolute atomic E-state index is 0.0447. The zero-order valence-electron chi connectivity index (χ0n) is 15.3. The first kappa shape index (κ1) is 19.8. The van der Waals surface area contributed by atoms with E-state index >= 15 is 0 Å². The van der Waals surface area contributed by atoms with E-state index in [1.807, 2.05) is 11.8 Å². The van der Waals surface area contributed by atoms with Crippen LogP contribution in [0.4, 0.5) is 4.39 Å². The number of carbonyl (C=O) groups excluding carboxylic acids is 1. The van der Waals surface area contributed by atoms with Gasteiger partial charge < -0.3 is 9.64 Å². The lowest BCUT2D eigenvalue weighted by Gasteiger charge is -2.31. The number of aromatic nitrogens is 2. The molecule has 0 saturated carbocycles. The molecule has 0 aliphatic carbocycles. The Bertz CT molecular complexity index is 821. The highest BCUT2D eigenvalue weighted by Crippen LogP contribution is 2.19. The summed E-state index contributed by atoms with van der Waals surface area (Å²) in [7, 11) is 0. The first-order valence-corrected chi connectivity index (χ1v) is 9.91. The molecule has 7 heteroatoms. The molecule has 0 spiro atoms. The van der Waals surface area contributed by atoms with Crippen molar-refractivity contribution in [3.05, 3.63) is 52.5 Å². The van der Waals surface area contributed by atoms with Gasteiger partial charge in [-0.3, -0.25) is 4.79 Å². The Morgan fingerprint density at radius 1 is 1.48 bits per heavy atom. The van der Waals surface area contributed by atoms with Gasteiger partial charge in [0.1, 0.15) is 11.5 Å². The molecular weight excluding hydrogens is 413 g/mol. The lowest BCUT2D eigenvalue weighted by Crippen LogP contribution is -2.40. The first-order chi connectivity index (χ1) is 13.1. The number of piperidine rings is 1. The van der Waals surface area contributed by atoms with Gasteiger partial charge in [-0.2, -0.15) is 5.10 Å². The number of likely N-dealkylation sites (tertiary alicyclic amines) is 1. The topological polar surface area (TPSA) is 47.4 Å². The molecule has 5 nitrogen and oxygen atoms in total. The maximum absolute atomic E-state index is 14.4. The Balaban J connectivity index is 1.63. The molecule has 144 valence electrons. The number of amides is 1. The molecule has 2 heterocycles. The van der Waals surface area contributed by atoms with Gasteiger partial charge in [-0.05, 0) is 65.4 Å². The van der Waals surface area contributed by atoms with E-state index in [9.17, 15) is 9.18 Å². The fourth-order valence-electron chi connectivity index (χ4n) is 3.20. The number of rotatable bonds is 6. The van der Waals surface area contributed by atoms with Crippen LogP contribution in [0.5, 0.6) is 0 Å². The van der Waals surface area contributed by atoms with Gasteiger partial charge in [-0.15, -0.1) is 0 Å². The van der Waals surface area contributed by atoms with Crippen LogP contribution in [0.2, 0.25) is 0 Å². The quantitative estimate of drug-likeness (QED) is 0.642. The van der Waals surface area contributed by atoms with E-state index < -0.39 is 5.82 Å². The van der Waals surface area contributed by atoms with Gasteiger partial charge in [0.15, 0.2) is 0 Å². The van der Waals surface area contributed by atoms with Crippen molar-refractivity contribution < 1.29 is 13.9 Å². The number of ether oxygens (including phenoxy) is 1. The minimum atomic E-state index is -0.394. The van der Waals surface area contributed by atoms with Crippen molar-refractivity contribution in [2.75, 3.05) is 26.3 Å². The number of carbonyl (C=O) groups is 1. The van der Waals surface area contributed by atoms with E-state index in [2.05, 4.69) is 21.0 Å². The summed E-state index contributed by atoms with van der Waals surface area (Å²) in [6.07, 6.45) is 8.53. The van der Waals surface area contributed by atoms with Crippen molar-refractivity contribution in [2.45, 2.75) is 19.8 Å². The normalized spacial score (nSPS) is 17.6. The summed E-state index contributed by atoms with van der Waals surface area (Å²) < 4.78 is 22.1. The van der Waals surface area contributed by atoms with E-state index in [1.54, 1.807) is 30.6 Å². The lowest BCUT2D eigenvalue weighted by molar-refractivity contribution is -0.128. The van der Waals surface area contributed by atoms with Crippen LogP contribution in [0.15, 0.2) is 41.1 Å². The number of nitrogens with zero attached hydrogens (tertiary/aromatic N) is 3. The van der Waals surface area contributed by atoms with Crippen LogP contribution >= 0.6 is 15.9 Å². The average molecular weight is 436 g/mol. The molecule has 1 amide bonds. The molecule has 1 aliphatic heterocycles. The largest absolute Gasteiger partial charge is 0.381 e. The lowest BCUT2D eigenvalue weighted by atomic mass is 9.99. The number of halogens is 2. The van der Waals surface area contributed by atoms with E-state index in [4.69, 9.17) is 4.74 Å². The van der Waals surface area contributed by atoms with E-state index in [0.29, 0.717) is 36.9 Å². The molecule has 1 saturated heterocycles. The standard InChI is InChI=1S/C20H23BrFN3O2/c1-2-27-14-16-4-3-9-24(12-16)20(26)8-6-15-5-7-19(18(22)10-15)25-13-17(21)11-23-25/h5-8,10-11,13,16H,2-4,9,12,14H2,1H3/b8-6+. The van der Waals surface area contributed by atoms with E-state index in [1.165, 1.54) is 16.8 Å². The summed E-state index contributed by atoms with van der Waals surface area (Å²) in [5.41, 5.74) is 0.998. The molecular formula is C20H23BrFN3O2. The molecule has 1 aromatic carbocycles. The maximum Gasteiger partial charge on any atom is 0.246 e. The second kappa shape index (κ2) is 9.28. The molecule has 0 bridgehead atoms. The zero-order valence-corrected chi connectivity index (χ0v) is 16.9. The summed E-state index contributed by atoms with van der Waals surface area (Å²) in [6.45, 7) is 4.84. The molecule has 0 N–H and O–H groups in total. The van der Waals surface area contributed by atoms with Gasteiger partial charge in [0.25, 0.3) is 0 Å². The SMILES string of the molecule is CCOCC1CCCN(C(=O)/C=C/c2ccc(-n3cc(Br)cn3)c(F)c2)C1. The summed E-state index contributed by atoms with van der Waals surface area (Å²) >= 11 is 3.30. The van der Waals surface area contributed by atoms with Crippen molar-refractivity contribution in [2.24, 2.45) is 5.92 Å². The van der Waals surface area contributed by atoms with Gasteiger partial charge in [0, 0.05) is 32.0 Å². The molecule has 3 rings (SSSR count). The van der Waals surface area contributed by atoms with Gasteiger partial charge in [-0.1, -0.05) is 6.07 Å². The van der Waals surface area contributed by atoms with Crippen molar-refractivity contribution in [1.82, 2.24) is 14.7 Å². The zero-order chi connectivity index (χ0) is 19.2. The highest BCUT2D eigenvalue weighted by Gasteiger charge is 2.22. The third-order valence-corrected chi connectivity index (χ3v) is 4.99. The van der Waals surface area contributed by atoms with Crippen LogP contribution in [0.1, 0.15) is 25.3 Å². The van der Waals surface area contributed by atoms with Crippen molar-refractivity contribution in [3.8, 4) is 5.69 Å². The van der Waals surface area contributed by atoms with Crippen LogP contribution in [0.3, 0.4) is 0 Å². The summed E-state index contributed by atoms with van der Waals surface area (Å²) in [5, 5.41) is 4.08. The number of benzene rings is 1. The molecule has 1 aromatic heterocycles. The van der Waals surface area contributed by atoms with Gasteiger partial charge in [0.05, 0.1) is 17.3 Å². The molecule has 1 unspecified atom stereocenters. The Morgan fingerprint density at radius 2 is 2.33 bits per heavy atom. The Kier molecular flexibility index (Phi) is 6.79. The average Bonchev–Trinajstić information content (AvgIpc) is 3.10. The second-order valence-corrected chi connectivity index (χ2v) is 7.51. The van der Waals surface area contributed by atoms with Crippen LogP contribution in [0, 0.1) is 11.7 Å². The highest BCUT2D eigenvalue weighted by atomic mass is 79.9. The number of hydrogen-bond acceptors (Lipinski definition) is 3. The van der Waals surface area contributed by atoms with Gasteiger partial charge in [0.2, 0.25) is 5.91 Å². The van der Waals surface area contributed by atoms with Crippen LogP contribution in [-0.2, 0) is 9.53 Å². The molecule has 0 radical (unpaired) electrons. The first-order valence-electron chi connectivity index (χ1n) is 9.11. The predicted octanol–water partition coefficient (Wildman–Crippen LogP) is 4.06.